The smallest absolute Gasteiger partial charge is 0.00428 e. The molecular weight excluding hydrogens is 158 g/mol. The van der Waals surface area contributed by atoms with Gasteiger partial charge in [-0.05, 0) is 42.3 Å². The van der Waals surface area contributed by atoms with Crippen LogP contribution in [0.3, 0.4) is 0 Å². The van der Waals surface area contributed by atoms with E-state index in [2.05, 4.69) is 31.2 Å². The number of aryl methyl sites for hydroxylation is 1. The second kappa shape index (κ2) is 3.51. The molecule has 2 N–H and O–H groups in total. The Bertz CT molecular complexity index is 293. The summed E-state index contributed by atoms with van der Waals surface area (Å²) in [6.45, 7) is 3.07. The molecule has 1 nitrogen and oxygen atoms in total. The molecule has 1 aromatic rings. The van der Waals surface area contributed by atoms with E-state index >= 15 is 0 Å². The molecule has 0 saturated heterocycles. The number of hydrogen-bond donors (Lipinski definition) is 1. The van der Waals surface area contributed by atoms with Crippen molar-refractivity contribution in [2.24, 2.45) is 11.7 Å². The molecule has 0 aliphatic heterocycles. The molecule has 0 unspecified atom stereocenters. The predicted molar refractivity (Wildman–Crippen MR) is 55.7 cm³/mol. The molecule has 1 aromatic carbocycles. The van der Waals surface area contributed by atoms with Gasteiger partial charge in [-0.1, -0.05) is 31.2 Å². The third kappa shape index (κ3) is 1.61. The van der Waals surface area contributed by atoms with Gasteiger partial charge < -0.3 is 5.73 Å². The average molecular weight is 175 g/mol. The highest BCUT2D eigenvalue weighted by Gasteiger charge is 2.37. The monoisotopic (exact) mass is 175 g/mol. The Balaban J connectivity index is 2.20. The van der Waals surface area contributed by atoms with E-state index in [0.29, 0.717) is 0 Å². The van der Waals surface area contributed by atoms with Gasteiger partial charge in [0.25, 0.3) is 0 Å². The van der Waals surface area contributed by atoms with Gasteiger partial charge in [0, 0.05) is 0 Å². The minimum absolute atomic E-state index is 0.757. The van der Waals surface area contributed by atoms with Crippen LogP contribution in [0.5, 0.6) is 0 Å². The molecule has 0 radical (unpaired) electrons. The van der Waals surface area contributed by atoms with E-state index in [9.17, 15) is 0 Å². The number of benzene rings is 1. The Morgan fingerprint density at radius 1 is 1.38 bits per heavy atom. The summed E-state index contributed by atoms with van der Waals surface area (Å²) in [7, 11) is 0. The number of nitrogens with two attached hydrogens (primary N) is 1. The lowest BCUT2D eigenvalue weighted by Gasteiger charge is -2.05. The zero-order chi connectivity index (χ0) is 9.26. The molecule has 0 heterocycles. The Kier molecular flexibility index (Phi) is 2.36. The van der Waals surface area contributed by atoms with Gasteiger partial charge in [0.15, 0.2) is 0 Å². The van der Waals surface area contributed by atoms with Crippen molar-refractivity contribution in [3.8, 4) is 0 Å². The number of hydrogen-bond acceptors (Lipinski definition) is 1. The van der Waals surface area contributed by atoms with Crippen molar-refractivity contribution in [3.63, 3.8) is 0 Å². The van der Waals surface area contributed by atoms with Crippen molar-refractivity contribution in [1.29, 1.82) is 0 Å². The SMILES string of the molecule is CCc1ccccc1[C@@H]1C[C@@H]1CN. The van der Waals surface area contributed by atoms with E-state index in [-0.39, 0.29) is 0 Å². The average Bonchev–Trinajstić information content (AvgIpc) is 2.96. The van der Waals surface area contributed by atoms with E-state index in [1.165, 1.54) is 12.0 Å². The first-order chi connectivity index (χ1) is 6.36. The van der Waals surface area contributed by atoms with Gasteiger partial charge in [-0.15, -0.1) is 0 Å². The molecule has 1 aliphatic carbocycles. The van der Waals surface area contributed by atoms with Gasteiger partial charge in [-0.2, -0.15) is 0 Å². The third-order valence-electron chi connectivity index (χ3n) is 3.06. The van der Waals surface area contributed by atoms with E-state index < -0.39 is 0 Å². The molecular formula is C12H17N. The fourth-order valence-corrected chi connectivity index (χ4v) is 2.11. The van der Waals surface area contributed by atoms with Crippen LogP contribution in [-0.2, 0) is 6.42 Å². The molecule has 0 aromatic heterocycles. The summed E-state index contributed by atoms with van der Waals surface area (Å²) in [6.07, 6.45) is 2.44. The van der Waals surface area contributed by atoms with Crippen molar-refractivity contribution in [3.05, 3.63) is 35.4 Å². The van der Waals surface area contributed by atoms with Crippen LogP contribution in [0.15, 0.2) is 24.3 Å². The van der Waals surface area contributed by atoms with Gasteiger partial charge in [-0.25, -0.2) is 0 Å². The lowest BCUT2D eigenvalue weighted by molar-refractivity contribution is 0.804. The molecule has 0 bridgehead atoms. The maximum atomic E-state index is 5.65. The fraction of sp³-hybridized carbons (Fsp3) is 0.500. The Hall–Kier alpha value is -0.820. The van der Waals surface area contributed by atoms with Crippen LogP contribution in [0.1, 0.15) is 30.4 Å². The first kappa shape index (κ1) is 8.76. The van der Waals surface area contributed by atoms with Crippen LogP contribution in [0.4, 0.5) is 0 Å². The normalized spacial score (nSPS) is 26.0. The van der Waals surface area contributed by atoms with E-state index in [0.717, 1.165) is 24.8 Å². The predicted octanol–water partition coefficient (Wildman–Crippen LogP) is 2.31. The molecule has 2 atom stereocenters. The maximum absolute atomic E-state index is 5.65. The van der Waals surface area contributed by atoms with Gasteiger partial charge in [-0.3, -0.25) is 0 Å². The van der Waals surface area contributed by atoms with Crippen molar-refractivity contribution in [2.45, 2.75) is 25.7 Å². The zero-order valence-electron chi connectivity index (χ0n) is 8.16. The second-order valence-electron chi connectivity index (χ2n) is 3.89. The van der Waals surface area contributed by atoms with Crippen molar-refractivity contribution in [2.75, 3.05) is 6.54 Å². The van der Waals surface area contributed by atoms with Crippen LogP contribution in [0.25, 0.3) is 0 Å². The largest absolute Gasteiger partial charge is 0.330 e. The lowest BCUT2D eigenvalue weighted by atomic mass is 10.0. The van der Waals surface area contributed by atoms with Crippen LogP contribution in [0.2, 0.25) is 0 Å². The molecule has 2 rings (SSSR count). The van der Waals surface area contributed by atoms with Crippen LogP contribution < -0.4 is 5.73 Å². The van der Waals surface area contributed by atoms with Gasteiger partial charge in [0.05, 0.1) is 0 Å². The van der Waals surface area contributed by atoms with E-state index in [1.54, 1.807) is 5.56 Å². The third-order valence-corrected chi connectivity index (χ3v) is 3.06. The molecule has 1 heteroatoms. The quantitative estimate of drug-likeness (QED) is 0.749. The van der Waals surface area contributed by atoms with Gasteiger partial charge in [0.1, 0.15) is 0 Å². The molecule has 1 saturated carbocycles. The summed E-state index contributed by atoms with van der Waals surface area (Å²) in [6, 6.07) is 8.77. The molecule has 1 fully saturated rings. The first-order valence-corrected chi connectivity index (χ1v) is 5.14. The van der Waals surface area contributed by atoms with Crippen LogP contribution >= 0.6 is 0 Å². The van der Waals surface area contributed by atoms with Gasteiger partial charge >= 0.3 is 0 Å². The highest BCUT2D eigenvalue weighted by molar-refractivity contribution is 5.34. The van der Waals surface area contributed by atoms with E-state index in [4.69, 9.17) is 5.73 Å². The Morgan fingerprint density at radius 3 is 2.77 bits per heavy atom. The summed E-state index contributed by atoms with van der Waals surface area (Å²) in [5.74, 6) is 1.52. The first-order valence-electron chi connectivity index (χ1n) is 5.14. The highest BCUT2D eigenvalue weighted by Crippen LogP contribution is 2.47. The minimum Gasteiger partial charge on any atom is -0.330 e. The van der Waals surface area contributed by atoms with Crippen LogP contribution in [-0.4, -0.2) is 6.54 Å². The zero-order valence-corrected chi connectivity index (χ0v) is 8.16. The van der Waals surface area contributed by atoms with E-state index in [1.807, 2.05) is 0 Å². The molecule has 13 heavy (non-hydrogen) atoms. The van der Waals surface area contributed by atoms with Gasteiger partial charge in [0.2, 0.25) is 0 Å². The minimum atomic E-state index is 0.757. The Labute approximate surface area is 80.0 Å². The van der Waals surface area contributed by atoms with Crippen molar-refractivity contribution < 1.29 is 0 Å². The van der Waals surface area contributed by atoms with Crippen molar-refractivity contribution in [1.82, 2.24) is 0 Å². The van der Waals surface area contributed by atoms with Crippen LogP contribution in [0, 0.1) is 5.92 Å². The summed E-state index contributed by atoms with van der Waals surface area (Å²) < 4.78 is 0. The number of rotatable bonds is 3. The lowest BCUT2D eigenvalue weighted by Crippen LogP contribution is -2.02. The summed E-state index contributed by atoms with van der Waals surface area (Å²) in [4.78, 5) is 0. The topological polar surface area (TPSA) is 26.0 Å². The Morgan fingerprint density at radius 2 is 2.15 bits per heavy atom. The summed E-state index contributed by atoms with van der Waals surface area (Å²) in [5, 5.41) is 0. The summed E-state index contributed by atoms with van der Waals surface area (Å²) >= 11 is 0. The maximum Gasteiger partial charge on any atom is -0.00428 e. The fourth-order valence-electron chi connectivity index (χ4n) is 2.11. The second-order valence-corrected chi connectivity index (χ2v) is 3.89. The summed E-state index contributed by atoms with van der Waals surface area (Å²) in [5.41, 5.74) is 8.70. The standard InChI is InChI=1S/C12H17N/c1-2-9-5-3-4-6-11(9)12-7-10(12)8-13/h3-6,10,12H,2,7-8,13H2,1H3/t10-,12-/m1/s1. The molecule has 1 aliphatic rings. The molecule has 70 valence electrons. The molecule has 0 spiro atoms. The highest BCUT2D eigenvalue weighted by atomic mass is 14.6. The van der Waals surface area contributed by atoms with Crippen molar-refractivity contribution >= 4 is 0 Å². The molecule has 0 amide bonds.